The number of halogens is 2. The lowest BCUT2D eigenvalue weighted by Crippen LogP contribution is -1.92. The van der Waals surface area contributed by atoms with E-state index in [0.717, 1.165) is 5.56 Å². The van der Waals surface area contributed by atoms with Crippen LogP contribution < -0.4 is 0 Å². The van der Waals surface area contributed by atoms with Crippen LogP contribution in [0, 0.1) is 0 Å². The van der Waals surface area contributed by atoms with Crippen molar-refractivity contribution in [3.05, 3.63) is 33.8 Å². The van der Waals surface area contributed by atoms with Crippen LogP contribution in [-0.4, -0.2) is 5.12 Å². The second-order valence-corrected chi connectivity index (χ2v) is 3.63. The predicted molar refractivity (Wildman–Crippen MR) is 54.2 cm³/mol. The molecular formula is C8H6Cl2OS. The minimum absolute atomic E-state index is 0.187. The predicted octanol–water partition coefficient (Wildman–Crippen LogP) is 2.99. The number of carbonyl (C=O) groups is 1. The Bertz CT molecular complexity index is 312. The number of hydrogen-bond acceptors (Lipinski definition) is 1. The molecule has 0 radical (unpaired) electrons. The molecule has 0 atom stereocenters. The summed E-state index contributed by atoms with van der Waals surface area (Å²) >= 11 is 15.1. The topological polar surface area (TPSA) is 17.1 Å². The highest BCUT2D eigenvalue weighted by molar-refractivity contribution is 7.96. The van der Waals surface area contributed by atoms with Crippen molar-refractivity contribution in [3.63, 3.8) is 0 Å². The van der Waals surface area contributed by atoms with Crippen molar-refractivity contribution in [2.75, 3.05) is 0 Å². The van der Waals surface area contributed by atoms with Gasteiger partial charge in [-0.2, -0.15) is 0 Å². The minimum atomic E-state index is -0.187. The average Bonchev–Trinajstić information content (AvgIpc) is 1.96. The lowest BCUT2D eigenvalue weighted by Gasteiger charge is -1.99. The Hall–Kier alpha value is -0.180. The van der Waals surface area contributed by atoms with Gasteiger partial charge in [-0.3, -0.25) is 4.79 Å². The lowest BCUT2D eigenvalue weighted by atomic mass is 10.2. The van der Waals surface area contributed by atoms with Gasteiger partial charge >= 0.3 is 0 Å². The van der Waals surface area contributed by atoms with Crippen LogP contribution in [0.25, 0.3) is 0 Å². The van der Waals surface area contributed by atoms with E-state index in [1.54, 1.807) is 18.2 Å². The fourth-order valence-electron chi connectivity index (χ4n) is 0.824. The van der Waals surface area contributed by atoms with Gasteiger partial charge in [0.15, 0.2) is 5.12 Å². The first-order valence-corrected chi connectivity index (χ1v) is 4.45. The summed E-state index contributed by atoms with van der Waals surface area (Å²) in [4.78, 5) is 10.6. The van der Waals surface area contributed by atoms with Gasteiger partial charge in [0.2, 0.25) is 0 Å². The third-order valence-electron chi connectivity index (χ3n) is 1.34. The Morgan fingerprint density at radius 2 is 2.00 bits per heavy atom. The van der Waals surface area contributed by atoms with Crippen molar-refractivity contribution in [2.45, 2.75) is 6.42 Å². The summed E-state index contributed by atoms with van der Waals surface area (Å²) in [5.41, 5.74) is 0.824. The monoisotopic (exact) mass is 220 g/mol. The Morgan fingerprint density at radius 1 is 1.33 bits per heavy atom. The number of thiol groups is 1. The summed E-state index contributed by atoms with van der Waals surface area (Å²) in [6.07, 6.45) is 0.278. The lowest BCUT2D eigenvalue weighted by molar-refractivity contribution is -0.110. The van der Waals surface area contributed by atoms with E-state index >= 15 is 0 Å². The molecule has 0 saturated carbocycles. The van der Waals surface area contributed by atoms with Crippen LogP contribution in [0.2, 0.25) is 10.0 Å². The molecule has 0 saturated heterocycles. The minimum Gasteiger partial charge on any atom is -0.287 e. The zero-order valence-corrected chi connectivity index (χ0v) is 8.46. The van der Waals surface area contributed by atoms with Crippen LogP contribution in [0.3, 0.4) is 0 Å². The van der Waals surface area contributed by atoms with Crippen molar-refractivity contribution in [1.82, 2.24) is 0 Å². The molecule has 0 spiro atoms. The molecule has 0 amide bonds. The molecule has 0 aliphatic rings. The third-order valence-corrected chi connectivity index (χ3v) is 2.24. The van der Waals surface area contributed by atoms with Gasteiger partial charge in [-0.25, -0.2) is 0 Å². The highest BCUT2D eigenvalue weighted by atomic mass is 35.5. The molecule has 0 bridgehead atoms. The Balaban J connectivity index is 2.89. The van der Waals surface area contributed by atoms with E-state index < -0.39 is 0 Å². The van der Waals surface area contributed by atoms with Gasteiger partial charge in [0, 0.05) is 6.42 Å². The van der Waals surface area contributed by atoms with Crippen molar-refractivity contribution in [2.24, 2.45) is 0 Å². The van der Waals surface area contributed by atoms with Gasteiger partial charge < -0.3 is 0 Å². The summed E-state index contributed by atoms with van der Waals surface area (Å²) in [5.74, 6) is 0. The van der Waals surface area contributed by atoms with Gasteiger partial charge in [-0.1, -0.05) is 29.3 Å². The summed E-state index contributed by atoms with van der Waals surface area (Å²) in [7, 11) is 0. The summed E-state index contributed by atoms with van der Waals surface area (Å²) < 4.78 is 0. The highest BCUT2D eigenvalue weighted by Gasteiger charge is 2.01. The normalized spacial score (nSPS) is 9.92. The van der Waals surface area contributed by atoms with Crippen molar-refractivity contribution < 1.29 is 4.79 Å². The Kier molecular flexibility index (Phi) is 3.44. The zero-order chi connectivity index (χ0) is 9.14. The molecular weight excluding hydrogens is 215 g/mol. The third kappa shape index (κ3) is 2.70. The van der Waals surface area contributed by atoms with Gasteiger partial charge in [0.05, 0.1) is 10.0 Å². The number of carbonyl (C=O) groups excluding carboxylic acids is 1. The highest BCUT2D eigenvalue weighted by Crippen LogP contribution is 2.22. The van der Waals surface area contributed by atoms with E-state index in [1.165, 1.54) is 0 Å². The van der Waals surface area contributed by atoms with Gasteiger partial charge in [0.1, 0.15) is 0 Å². The van der Waals surface area contributed by atoms with E-state index in [1.807, 2.05) is 0 Å². The second kappa shape index (κ2) is 4.17. The average molecular weight is 221 g/mol. The van der Waals surface area contributed by atoms with Crippen LogP contribution in [0.5, 0.6) is 0 Å². The zero-order valence-electron chi connectivity index (χ0n) is 6.05. The molecule has 1 aromatic rings. The maximum absolute atomic E-state index is 10.6. The van der Waals surface area contributed by atoms with E-state index in [0.29, 0.717) is 10.0 Å². The van der Waals surface area contributed by atoms with E-state index in [-0.39, 0.29) is 11.5 Å². The fraction of sp³-hybridized carbons (Fsp3) is 0.125. The SMILES string of the molecule is O=C(S)Cc1ccc(Cl)c(Cl)c1. The van der Waals surface area contributed by atoms with Gasteiger partial charge in [0.25, 0.3) is 0 Å². The van der Waals surface area contributed by atoms with E-state index in [9.17, 15) is 4.79 Å². The number of rotatable bonds is 2. The smallest absolute Gasteiger partial charge is 0.190 e. The molecule has 12 heavy (non-hydrogen) atoms. The summed E-state index contributed by atoms with van der Waals surface area (Å²) in [6, 6.07) is 5.08. The molecule has 0 unspecified atom stereocenters. The first-order chi connectivity index (χ1) is 5.59. The Labute approximate surface area is 86.1 Å². The first-order valence-electron chi connectivity index (χ1n) is 3.25. The maximum atomic E-state index is 10.6. The molecule has 1 aromatic carbocycles. The standard InChI is InChI=1S/C8H6Cl2OS/c9-6-2-1-5(3-7(6)10)4-8(11)12/h1-3H,4H2,(H,11,12). The van der Waals surface area contributed by atoms with Crippen molar-refractivity contribution >= 4 is 40.9 Å². The molecule has 0 aliphatic heterocycles. The fourth-order valence-corrected chi connectivity index (χ4v) is 1.33. The van der Waals surface area contributed by atoms with Crippen LogP contribution in [-0.2, 0) is 11.2 Å². The molecule has 1 rings (SSSR count). The first kappa shape index (κ1) is 9.90. The van der Waals surface area contributed by atoms with E-state index in [2.05, 4.69) is 12.6 Å². The molecule has 4 heteroatoms. The van der Waals surface area contributed by atoms with Crippen molar-refractivity contribution in [3.8, 4) is 0 Å². The van der Waals surface area contributed by atoms with Gasteiger partial charge in [-0.15, -0.1) is 12.6 Å². The molecule has 0 heterocycles. The van der Waals surface area contributed by atoms with E-state index in [4.69, 9.17) is 23.2 Å². The van der Waals surface area contributed by atoms with Crippen LogP contribution in [0.15, 0.2) is 18.2 Å². The number of hydrogen-bond donors (Lipinski definition) is 1. The molecule has 0 N–H and O–H groups in total. The molecule has 64 valence electrons. The second-order valence-electron chi connectivity index (χ2n) is 2.32. The summed E-state index contributed by atoms with van der Waals surface area (Å²) in [6.45, 7) is 0. The molecule has 0 aliphatic carbocycles. The Morgan fingerprint density at radius 3 is 2.50 bits per heavy atom. The molecule has 0 aromatic heterocycles. The number of benzene rings is 1. The summed E-state index contributed by atoms with van der Waals surface area (Å²) in [5, 5.41) is 0.768. The quantitative estimate of drug-likeness (QED) is 0.759. The van der Waals surface area contributed by atoms with Gasteiger partial charge in [-0.05, 0) is 17.7 Å². The largest absolute Gasteiger partial charge is 0.287 e. The van der Waals surface area contributed by atoms with Crippen molar-refractivity contribution in [1.29, 1.82) is 0 Å². The van der Waals surface area contributed by atoms with Crippen LogP contribution in [0.1, 0.15) is 5.56 Å². The van der Waals surface area contributed by atoms with Crippen LogP contribution >= 0.6 is 35.8 Å². The maximum Gasteiger partial charge on any atom is 0.190 e. The van der Waals surface area contributed by atoms with Crippen LogP contribution in [0.4, 0.5) is 0 Å². The molecule has 0 fully saturated rings. The molecule has 1 nitrogen and oxygen atoms in total.